The number of likely N-dealkylation sites (N-methyl/N-ethyl adjacent to an activating group) is 1. The highest BCUT2D eigenvalue weighted by Gasteiger charge is 2.37. The number of amides is 2. The number of non-ortho nitro benzene ring substituents is 1. The number of carbonyl (C=O) groups excluding carboxylic acids is 2. The van der Waals surface area contributed by atoms with Crippen LogP contribution in [0.2, 0.25) is 0 Å². The van der Waals surface area contributed by atoms with Gasteiger partial charge in [0.15, 0.2) is 11.5 Å². The van der Waals surface area contributed by atoms with E-state index in [1.165, 1.54) is 31.3 Å². The van der Waals surface area contributed by atoms with Gasteiger partial charge in [0.1, 0.15) is 5.70 Å². The minimum absolute atomic E-state index is 0.0928. The number of carbonyl (C=O) groups is 2. The number of nitrogens with one attached hydrogen (secondary N) is 1. The van der Waals surface area contributed by atoms with E-state index in [-0.39, 0.29) is 23.8 Å². The van der Waals surface area contributed by atoms with Crippen LogP contribution in [0.15, 0.2) is 48.2 Å². The van der Waals surface area contributed by atoms with Gasteiger partial charge in [0.25, 0.3) is 17.5 Å². The lowest BCUT2D eigenvalue weighted by Crippen LogP contribution is -2.27. The average molecular weight is 367 g/mol. The number of ether oxygens (including phenoxy) is 2. The van der Waals surface area contributed by atoms with Gasteiger partial charge < -0.3 is 14.8 Å². The van der Waals surface area contributed by atoms with Crippen LogP contribution in [0.25, 0.3) is 5.57 Å². The lowest BCUT2D eigenvalue weighted by atomic mass is 10.0. The molecular weight excluding hydrogens is 354 g/mol. The zero-order valence-electron chi connectivity index (χ0n) is 14.1. The van der Waals surface area contributed by atoms with Gasteiger partial charge in [0.2, 0.25) is 6.79 Å². The van der Waals surface area contributed by atoms with Crippen LogP contribution in [-0.2, 0) is 9.59 Å². The number of nitrogens with zero attached hydrogens (tertiary/aromatic N) is 2. The Balaban J connectivity index is 1.74. The Morgan fingerprint density at radius 2 is 1.74 bits per heavy atom. The quantitative estimate of drug-likeness (QED) is 0.501. The van der Waals surface area contributed by atoms with Gasteiger partial charge in [-0.2, -0.15) is 0 Å². The van der Waals surface area contributed by atoms with Gasteiger partial charge in [0.05, 0.1) is 10.5 Å². The molecule has 0 fully saturated rings. The third-order valence-electron chi connectivity index (χ3n) is 4.30. The van der Waals surface area contributed by atoms with E-state index in [4.69, 9.17) is 9.47 Å². The van der Waals surface area contributed by atoms with Crippen LogP contribution in [0.1, 0.15) is 5.56 Å². The van der Waals surface area contributed by atoms with Crippen molar-refractivity contribution in [3.63, 3.8) is 0 Å². The maximum atomic E-state index is 12.6. The Morgan fingerprint density at radius 1 is 1.04 bits per heavy atom. The van der Waals surface area contributed by atoms with Crippen molar-refractivity contribution >= 4 is 28.8 Å². The predicted octanol–water partition coefficient (Wildman–Crippen LogP) is 2.15. The number of anilines is 1. The summed E-state index contributed by atoms with van der Waals surface area (Å²) in [5.41, 5.74) is 1.09. The first-order valence-electron chi connectivity index (χ1n) is 7.94. The second-order valence-electron chi connectivity index (χ2n) is 5.92. The first-order valence-corrected chi connectivity index (χ1v) is 7.94. The molecule has 2 aliphatic rings. The van der Waals surface area contributed by atoms with E-state index in [2.05, 4.69) is 5.32 Å². The van der Waals surface area contributed by atoms with Gasteiger partial charge in [-0.1, -0.05) is 0 Å². The number of fused-ring (bicyclic) bond motifs is 1. The highest BCUT2D eigenvalue weighted by molar-refractivity contribution is 6.36. The highest BCUT2D eigenvalue weighted by atomic mass is 16.7. The fourth-order valence-corrected chi connectivity index (χ4v) is 2.89. The van der Waals surface area contributed by atoms with Crippen molar-refractivity contribution < 1.29 is 24.0 Å². The van der Waals surface area contributed by atoms with Gasteiger partial charge in [-0.05, 0) is 29.8 Å². The first-order chi connectivity index (χ1) is 13.0. The minimum Gasteiger partial charge on any atom is -0.454 e. The standard InChI is InChI=1S/C18H13N3O6/c1-20-17(22)15(10-2-5-12(6-3-10)21(24)25)16(18(20)23)19-11-4-7-13-14(8-11)27-9-26-13/h2-8,19H,9H2,1H3. The lowest BCUT2D eigenvalue weighted by Gasteiger charge is -2.09. The molecule has 0 bridgehead atoms. The lowest BCUT2D eigenvalue weighted by molar-refractivity contribution is -0.384. The van der Waals surface area contributed by atoms with Crippen molar-refractivity contribution in [3.8, 4) is 11.5 Å². The Hall–Kier alpha value is -3.88. The van der Waals surface area contributed by atoms with E-state index in [0.29, 0.717) is 22.7 Å². The zero-order valence-corrected chi connectivity index (χ0v) is 14.1. The average Bonchev–Trinajstić information content (AvgIpc) is 3.21. The van der Waals surface area contributed by atoms with E-state index < -0.39 is 16.7 Å². The maximum Gasteiger partial charge on any atom is 0.277 e. The monoisotopic (exact) mass is 367 g/mol. The van der Waals surface area contributed by atoms with E-state index in [0.717, 1.165) is 4.90 Å². The first kappa shape index (κ1) is 16.6. The number of nitro benzene ring substituents is 1. The Kier molecular flexibility index (Phi) is 3.76. The van der Waals surface area contributed by atoms with Gasteiger partial charge in [-0.15, -0.1) is 0 Å². The molecule has 1 N–H and O–H groups in total. The summed E-state index contributed by atoms with van der Waals surface area (Å²) < 4.78 is 10.6. The third kappa shape index (κ3) is 2.74. The zero-order chi connectivity index (χ0) is 19.1. The molecule has 0 saturated heterocycles. The van der Waals surface area contributed by atoms with E-state index >= 15 is 0 Å². The Morgan fingerprint density at radius 3 is 2.44 bits per heavy atom. The van der Waals surface area contributed by atoms with Gasteiger partial charge in [-0.3, -0.25) is 24.6 Å². The smallest absolute Gasteiger partial charge is 0.277 e. The fourth-order valence-electron chi connectivity index (χ4n) is 2.89. The summed E-state index contributed by atoms with van der Waals surface area (Å²) in [4.78, 5) is 36.4. The van der Waals surface area contributed by atoms with Crippen molar-refractivity contribution in [1.29, 1.82) is 0 Å². The summed E-state index contributed by atoms with van der Waals surface area (Å²) in [5, 5.41) is 13.8. The van der Waals surface area contributed by atoms with Gasteiger partial charge in [-0.25, -0.2) is 0 Å². The molecule has 2 amide bonds. The second-order valence-corrected chi connectivity index (χ2v) is 5.92. The molecule has 0 radical (unpaired) electrons. The van der Waals surface area contributed by atoms with Crippen LogP contribution in [0, 0.1) is 10.1 Å². The Labute approximate surface area is 152 Å². The van der Waals surface area contributed by atoms with Crippen molar-refractivity contribution in [2.75, 3.05) is 19.2 Å². The largest absolute Gasteiger partial charge is 0.454 e. The van der Waals surface area contributed by atoms with Crippen LogP contribution in [-0.4, -0.2) is 35.5 Å². The third-order valence-corrected chi connectivity index (χ3v) is 4.30. The number of hydrogen-bond donors (Lipinski definition) is 1. The molecule has 0 saturated carbocycles. The van der Waals surface area contributed by atoms with Crippen molar-refractivity contribution in [2.45, 2.75) is 0 Å². The molecule has 2 aromatic carbocycles. The molecule has 27 heavy (non-hydrogen) atoms. The molecule has 2 aromatic rings. The SMILES string of the molecule is CN1C(=O)C(Nc2ccc3c(c2)OCO3)=C(c2ccc([N+](=O)[O-])cc2)C1=O. The number of hydrogen-bond acceptors (Lipinski definition) is 7. The second kappa shape index (κ2) is 6.13. The normalized spacial score (nSPS) is 15.5. The van der Waals surface area contributed by atoms with E-state index in [9.17, 15) is 19.7 Å². The predicted molar refractivity (Wildman–Crippen MR) is 94.0 cm³/mol. The molecule has 136 valence electrons. The van der Waals surface area contributed by atoms with E-state index in [1.807, 2.05) is 0 Å². The summed E-state index contributed by atoms with van der Waals surface area (Å²) in [7, 11) is 1.38. The topological polar surface area (TPSA) is 111 Å². The number of imide groups is 1. The molecule has 0 aliphatic carbocycles. The summed E-state index contributed by atoms with van der Waals surface area (Å²) >= 11 is 0. The maximum absolute atomic E-state index is 12.6. The summed E-state index contributed by atoms with van der Waals surface area (Å²) in [5.74, 6) is 0.141. The minimum atomic E-state index is -0.530. The van der Waals surface area contributed by atoms with Crippen LogP contribution in [0.5, 0.6) is 11.5 Å². The molecule has 0 aromatic heterocycles. The van der Waals surface area contributed by atoms with Crippen LogP contribution in [0.4, 0.5) is 11.4 Å². The Bertz CT molecular complexity index is 1010. The van der Waals surface area contributed by atoms with Crippen molar-refractivity contribution in [2.24, 2.45) is 0 Å². The molecule has 9 nitrogen and oxygen atoms in total. The van der Waals surface area contributed by atoms with E-state index in [1.54, 1.807) is 18.2 Å². The molecule has 2 aliphatic heterocycles. The number of benzene rings is 2. The highest BCUT2D eigenvalue weighted by Crippen LogP contribution is 2.36. The molecule has 2 heterocycles. The van der Waals surface area contributed by atoms with Crippen LogP contribution >= 0.6 is 0 Å². The molecule has 4 rings (SSSR count). The number of nitro groups is 1. The molecule has 0 unspecified atom stereocenters. The van der Waals surface area contributed by atoms with Gasteiger partial charge in [0, 0.05) is 30.9 Å². The van der Waals surface area contributed by atoms with Crippen molar-refractivity contribution in [1.82, 2.24) is 4.90 Å². The fraction of sp³-hybridized carbons (Fsp3) is 0.111. The van der Waals surface area contributed by atoms with Crippen LogP contribution in [0.3, 0.4) is 0 Å². The molecule has 9 heteroatoms. The van der Waals surface area contributed by atoms with Crippen LogP contribution < -0.4 is 14.8 Å². The summed E-state index contributed by atoms with van der Waals surface area (Å²) in [6.07, 6.45) is 0. The summed E-state index contributed by atoms with van der Waals surface area (Å²) in [6, 6.07) is 10.5. The molecule has 0 spiro atoms. The molecular formula is C18H13N3O6. The van der Waals surface area contributed by atoms with Crippen molar-refractivity contribution in [3.05, 3.63) is 63.8 Å². The number of rotatable bonds is 4. The molecule has 0 atom stereocenters. The van der Waals surface area contributed by atoms with Gasteiger partial charge >= 0.3 is 0 Å². The summed E-state index contributed by atoms with van der Waals surface area (Å²) in [6.45, 7) is 0.121.